The van der Waals surface area contributed by atoms with E-state index in [1.165, 1.54) is 47.5 Å². The number of thioether (sulfide) groups is 1. The van der Waals surface area contributed by atoms with Gasteiger partial charge in [0.15, 0.2) is 4.34 Å². The van der Waals surface area contributed by atoms with Crippen molar-refractivity contribution in [2.24, 2.45) is 15.3 Å². The number of amidine groups is 1. The summed E-state index contributed by atoms with van der Waals surface area (Å²) in [6.07, 6.45) is 3.11. The van der Waals surface area contributed by atoms with Crippen molar-refractivity contribution in [3.05, 3.63) is 88.7 Å². The van der Waals surface area contributed by atoms with E-state index in [0.717, 1.165) is 14.6 Å². The van der Waals surface area contributed by atoms with E-state index in [1.54, 1.807) is 24.4 Å². The number of nitrogens with zero attached hydrogens (tertiary/aromatic N) is 6. The maximum atomic E-state index is 12.3. The van der Waals surface area contributed by atoms with E-state index in [4.69, 9.17) is 0 Å². The number of nitro groups is 1. The first kappa shape index (κ1) is 22.2. The lowest BCUT2D eigenvalue weighted by Gasteiger charge is -2.02. The van der Waals surface area contributed by atoms with E-state index >= 15 is 0 Å². The summed E-state index contributed by atoms with van der Waals surface area (Å²) >= 11 is 2.83. The molecule has 0 fully saturated rings. The number of carbonyl (C=O) groups is 1. The molecule has 164 valence electrons. The van der Waals surface area contributed by atoms with Crippen LogP contribution in [0, 0.1) is 10.1 Å². The lowest BCUT2D eigenvalue weighted by atomic mass is 10.3. The fraction of sp³-hybridized carbons (Fsp3) is 0.0476. The van der Waals surface area contributed by atoms with Crippen LogP contribution in [0.5, 0.6) is 0 Å². The Morgan fingerprint density at radius 2 is 2.03 bits per heavy atom. The van der Waals surface area contributed by atoms with E-state index in [-0.39, 0.29) is 28.9 Å². The highest BCUT2D eigenvalue weighted by molar-refractivity contribution is 8.01. The largest absolute Gasteiger partial charge is 0.272 e. The third-order valence-electron chi connectivity index (χ3n) is 4.11. The molecule has 0 atom stereocenters. The standard InChI is InChI=1S/C21H15N7O3S2/c29-19(13-32-21-23-17-8-1-2-9-18(17)33-21)25-27-20(14-5-4-10-22-12-14)26-24-15-6-3-7-16(11-15)28(30)31/h1-12H,13H2,(H,25,29)/b26-24?,27-20+. The highest BCUT2D eigenvalue weighted by atomic mass is 32.2. The Morgan fingerprint density at radius 1 is 1.15 bits per heavy atom. The molecule has 2 aromatic heterocycles. The molecule has 0 saturated carbocycles. The number of thiazole rings is 1. The summed E-state index contributed by atoms with van der Waals surface area (Å²) in [5, 5.41) is 23.1. The molecule has 10 nitrogen and oxygen atoms in total. The Kier molecular flexibility index (Phi) is 7.07. The second-order valence-corrected chi connectivity index (χ2v) is 8.68. The molecule has 0 saturated heterocycles. The smallest absolute Gasteiger partial charge is 0.271 e. The number of rotatable bonds is 7. The average molecular weight is 478 g/mol. The zero-order valence-electron chi connectivity index (χ0n) is 16.9. The van der Waals surface area contributed by atoms with Crippen LogP contribution in [0.3, 0.4) is 0 Å². The van der Waals surface area contributed by atoms with Crippen molar-refractivity contribution in [1.29, 1.82) is 0 Å². The second kappa shape index (κ2) is 10.5. The van der Waals surface area contributed by atoms with E-state index in [9.17, 15) is 14.9 Å². The average Bonchev–Trinajstić information content (AvgIpc) is 3.26. The highest BCUT2D eigenvalue weighted by Crippen LogP contribution is 2.29. The van der Waals surface area contributed by atoms with Crippen LogP contribution >= 0.6 is 23.1 Å². The molecule has 0 aliphatic rings. The van der Waals surface area contributed by atoms with Crippen LogP contribution in [-0.4, -0.2) is 32.4 Å². The minimum absolute atomic E-state index is 0.105. The van der Waals surface area contributed by atoms with Gasteiger partial charge >= 0.3 is 0 Å². The number of benzene rings is 2. The number of hydrogen-bond acceptors (Lipinski definition) is 9. The third-order valence-corrected chi connectivity index (χ3v) is 6.29. The molecule has 2 heterocycles. The summed E-state index contributed by atoms with van der Waals surface area (Å²) in [6, 6.07) is 16.9. The Morgan fingerprint density at radius 3 is 2.82 bits per heavy atom. The maximum Gasteiger partial charge on any atom is 0.271 e. The van der Waals surface area contributed by atoms with Gasteiger partial charge in [0, 0.05) is 30.1 Å². The van der Waals surface area contributed by atoms with Crippen LogP contribution < -0.4 is 5.43 Å². The molecule has 0 spiro atoms. The van der Waals surface area contributed by atoms with E-state index in [0.29, 0.717) is 5.56 Å². The summed E-state index contributed by atoms with van der Waals surface area (Å²) in [5.74, 6) is -0.120. The first-order valence-corrected chi connectivity index (χ1v) is 11.3. The molecule has 4 rings (SSSR count). The zero-order chi connectivity index (χ0) is 23.0. The Hall–Kier alpha value is -4.03. The normalized spacial score (nSPS) is 11.7. The quantitative estimate of drug-likeness (QED) is 0.0999. The number of hydrogen-bond donors (Lipinski definition) is 1. The SMILES string of the molecule is O=C(CSc1nc2ccccc2s1)N/N=C(/N=Nc1cccc([N+](=O)[O-])c1)c1cccnc1. The van der Waals surface area contributed by atoms with Gasteiger partial charge in [0.25, 0.3) is 11.6 Å². The number of pyridine rings is 1. The molecule has 0 unspecified atom stereocenters. The number of azo groups is 1. The Labute approximate surface area is 195 Å². The van der Waals surface area contributed by atoms with E-state index in [2.05, 4.69) is 30.7 Å². The summed E-state index contributed by atoms with van der Waals surface area (Å²) < 4.78 is 1.84. The van der Waals surface area contributed by atoms with Gasteiger partial charge in [0.2, 0.25) is 5.84 Å². The lowest BCUT2D eigenvalue weighted by Crippen LogP contribution is -2.21. The number of nitro benzene ring substituents is 1. The van der Waals surface area contributed by atoms with Crippen LogP contribution in [0.25, 0.3) is 10.2 Å². The van der Waals surface area contributed by atoms with Crippen molar-refractivity contribution in [1.82, 2.24) is 15.4 Å². The molecular formula is C21H15N7O3S2. The number of hydrazone groups is 1. The number of aromatic nitrogens is 2. The predicted molar refractivity (Wildman–Crippen MR) is 127 cm³/mol. The van der Waals surface area contributed by atoms with Crippen molar-refractivity contribution in [3.8, 4) is 0 Å². The first-order valence-electron chi connectivity index (χ1n) is 9.50. The van der Waals surface area contributed by atoms with Crippen LogP contribution in [0.15, 0.2) is 92.7 Å². The third kappa shape index (κ3) is 6.02. The number of para-hydroxylation sites is 1. The minimum Gasteiger partial charge on any atom is -0.272 e. The topological polar surface area (TPSA) is 135 Å². The van der Waals surface area contributed by atoms with Crippen molar-refractivity contribution in [3.63, 3.8) is 0 Å². The highest BCUT2D eigenvalue weighted by Gasteiger charge is 2.10. The molecule has 0 aliphatic heterocycles. The number of non-ortho nitro benzene ring substituents is 1. The first-order chi connectivity index (χ1) is 16.1. The Balaban J connectivity index is 1.46. The van der Waals surface area contributed by atoms with Gasteiger partial charge in [-0.15, -0.1) is 21.6 Å². The maximum absolute atomic E-state index is 12.3. The molecule has 0 aliphatic carbocycles. The number of fused-ring (bicyclic) bond motifs is 1. The van der Waals surface area contributed by atoms with Crippen molar-refractivity contribution in [2.45, 2.75) is 4.34 Å². The molecule has 0 radical (unpaired) electrons. The van der Waals surface area contributed by atoms with Crippen LogP contribution in [0.2, 0.25) is 0 Å². The summed E-state index contributed by atoms with van der Waals surface area (Å²) in [7, 11) is 0. The fourth-order valence-corrected chi connectivity index (χ4v) is 4.46. The molecule has 2 aromatic carbocycles. The van der Waals surface area contributed by atoms with Gasteiger partial charge in [-0.25, -0.2) is 10.4 Å². The predicted octanol–water partition coefficient (Wildman–Crippen LogP) is 4.95. The van der Waals surface area contributed by atoms with Crippen LogP contribution in [0.1, 0.15) is 5.56 Å². The van der Waals surface area contributed by atoms with Gasteiger partial charge in [-0.3, -0.25) is 19.9 Å². The van der Waals surface area contributed by atoms with E-state index < -0.39 is 4.92 Å². The molecule has 0 bridgehead atoms. The molecule has 1 amide bonds. The van der Waals surface area contributed by atoms with Crippen LogP contribution in [0.4, 0.5) is 11.4 Å². The van der Waals surface area contributed by atoms with Crippen molar-refractivity contribution in [2.75, 3.05) is 5.75 Å². The van der Waals surface area contributed by atoms with Crippen molar-refractivity contribution >= 4 is 56.4 Å². The molecule has 4 aromatic rings. The summed E-state index contributed by atoms with van der Waals surface area (Å²) in [6.45, 7) is 0. The summed E-state index contributed by atoms with van der Waals surface area (Å²) in [4.78, 5) is 31.3. The van der Waals surface area contributed by atoms with Gasteiger partial charge in [0.1, 0.15) is 0 Å². The van der Waals surface area contributed by atoms with Gasteiger partial charge < -0.3 is 0 Å². The zero-order valence-corrected chi connectivity index (χ0v) is 18.5. The fourth-order valence-electron chi connectivity index (χ4n) is 2.60. The molecule has 33 heavy (non-hydrogen) atoms. The monoisotopic (exact) mass is 477 g/mol. The van der Waals surface area contributed by atoms with E-state index in [1.807, 2.05) is 24.3 Å². The number of carbonyl (C=O) groups excluding carboxylic acids is 1. The molecular weight excluding hydrogens is 462 g/mol. The summed E-state index contributed by atoms with van der Waals surface area (Å²) in [5.41, 5.74) is 4.05. The molecule has 12 heteroatoms. The van der Waals surface area contributed by atoms with Gasteiger partial charge in [-0.1, -0.05) is 30.0 Å². The van der Waals surface area contributed by atoms with Gasteiger partial charge in [-0.2, -0.15) is 5.10 Å². The van der Waals surface area contributed by atoms with Crippen LogP contribution in [-0.2, 0) is 4.79 Å². The lowest BCUT2D eigenvalue weighted by molar-refractivity contribution is -0.384. The minimum atomic E-state index is -0.515. The van der Waals surface area contributed by atoms with Gasteiger partial charge in [0.05, 0.1) is 26.6 Å². The second-order valence-electron chi connectivity index (χ2n) is 6.43. The van der Waals surface area contributed by atoms with Gasteiger partial charge in [-0.05, 0) is 30.3 Å². The Bertz CT molecular complexity index is 1320. The number of amides is 1. The van der Waals surface area contributed by atoms with Crippen molar-refractivity contribution < 1.29 is 9.72 Å². The number of nitrogens with one attached hydrogen (secondary N) is 1. The molecule has 1 N–H and O–H groups in total.